The van der Waals surface area contributed by atoms with E-state index in [4.69, 9.17) is 11.6 Å². The summed E-state index contributed by atoms with van der Waals surface area (Å²) < 4.78 is 0. The van der Waals surface area contributed by atoms with Gasteiger partial charge < -0.3 is 5.32 Å². The Balaban J connectivity index is 2.17. The van der Waals surface area contributed by atoms with Crippen LogP contribution in [0.3, 0.4) is 0 Å². The summed E-state index contributed by atoms with van der Waals surface area (Å²) in [6, 6.07) is 1.37. The first-order valence-electron chi connectivity index (χ1n) is 6.98. The van der Waals surface area contributed by atoms with Crippen LogP contribution in [0.25, 0.3) is 0 Å². The van der Waals surface area contributed by atoms with Gasteiger partial charge in [-0.15, -0.1) is 0 Å². The Kier molecular flexibility index (Phi) is 4.77. The van der Waals surface area contributed by atoms with Crippen molar-refractivity contribution in [3.63, 3.8) is 0 Å². The molecule has 2 rings (SSSR count). The minimum atomic E-state index is -0.670. The number of nitrogens with one attached hydrogen (secondary N) is 1. The van der Waals surface area contributed by atoms with E-state index < -0.39 is 16.5 Å². The van der Waals surface area contributed by atoms with Crippen LogP contribution >= 0.6 is 11.6 Å². The molecule has 1 aliphatic carbocycles. The number of hydrogen-bond donors (Lipinski definition) is 1. The molecule has 1 aromatic rings. The number of carbonyl (C=O) groups is 1. The van der Waals surface area contributed by atoms with Crippen molar-refractivity contribution in [2.75, 3.05) is 0 Å². The Bertz CT molecular complexity index is 554. The summed E-state index contributed by atoms with van der Waals surface area (Å²) in [7, 11) is 0. The minimum Gasteiger partial charge on any atom is -0.349 e. The van der Waals surface area contributed by atoms with Gasteiger partial charge in [-0.05, 0) is 37.2 Å². The zero-order chi connectivity index (χ0) is 15.6. The monoisotopic (exact) mass is 311 g/mol. The predicted molar refractivity (Wildman–Crippen MR) is 79.3 cm³/mol. The van der Waals surface area contributed by atoms with Crippen LogP contribution in [0.2, 0.25) is 5.15 Å². The van der Waals surface area contributed by atoms with Crippen LogP contribution < -0.4 is 5.32 Å². The van der Waals surface area contributed by atoms with E-state index in [-0.39, 0.29) is 16.8 Å². The highest BCUT2D eigenvalue weighted by molar-refractivity contribution is 6.32. The molecule has 114 valence electrons. The maximum atomic E-state index is 12.3. The molecule has 0 radical (unpaired) electrons. The summed E-state index contributed by atoms with van der Waals surface area (Å²) in [4.78, 5) is 26.3. The molecule has 21 heavy (non-hydrogen) atoms. The second-order valence-electron chi connectivity index (χ2n) is 5.84. The van der Waals surface area contributed by atoms with Gasteiger partial charge in [0, 0.05) is 12.2 Å². The third-order valence-corrected chi connectivity index (χ3v) is 4.10. The molecule has 1 heterocycles. The lowest BCUT2D eigenvalue weighted by atomic mass is 9.80. The molecule has 1 N–H and O–H groups in total. The van der Waals surface area contributed by atoms with E-state index in [9.17, 15) is 14.9 Å². The number of halogens is 1. The maximum Gasteiger partial charge on any atom is 0.319 e. The van der Waals surface area contributed by atoms with Crippen LogP contribution in [0.4, 0.5) is 5.69 Å². The SMILES string of the molecule is CC1CC(C)CC(NC(=O)c2ccnc(Cl)c2[N+](=O)[O-])C1. The summed E-state index contributed by atoms with van der Waals surface area (Å²) in [5.41, 5.74) is -0.473. The summed E-state index contributed by atoms with van der Waals surface area (Å²) >= 11 is 5.72. The molecule has 1 amide bonds. The highest BCUT2D eigenvalue weighted by atomic mass is 35.5. The van der Waals surface area contributed by atoms with Crippen molar-refractivity contribution in [1.82, 2.24) is 10.3 Å². The molecular weight excluding hydrogens is 294 g/mol. The smallest absolute Gasteiger partial charge is 0.319 e. The lowest BCUT2D eigenvalue weighted by Gasteiger charge is -2.31. The average molecular weight is 312 g/mol. The predicted octanol–water partition coefficient (Wildman–Crippen LogP) is 3.20. The summed E-state index contributed by atoms with van der Waals surface area (Å²) in [6.45, 7) is 4.31. The van der Waals surface area contributed by atoms with Gasteiger partial charge >= 0.3 is 5.69 Å². The van der Waals surface area contributed by atoms with E-state index in [0.717, 1.165) is 19.3 Å². The molecule has 0 aromatic carbocycles. The van der Waals surface area contributed by atoms with Crippen LogP contribution in [0.1, 0.15) is 43.5 Å². The number of pyridine rings is 1. The highest BCUT2D eigenvalue weighted by Crippen LogP contribution is 2.30. The number of carbonyl (C=O) groups excluding carboxylic acids is 1. The summed E-state index contributed by atoms with van der Waals surface area (Å²) in [5, 5.41) is 13.7. The summed E-state index contributed by atoms with van der Waals surface area (Å²) in [6.07, 6.45) is 4.23. The lowest BCUT2D eigenvalue weighted by Crippen LogP contribution is -2.40. The van der Waals surface area contributed by atoms with Crippen molar-refractivity contribution in [3.05, 3.63) is 33.1 Å². The molecule has 1 saturated carbocycles. The largest absolute Gasteiger partial charge is 0.349 e. The number of hydrogen-bond acceptors (Lipinski definition) is 4. The number of amides is 1. The van der Waals surface area contributed by atoms with E-state index in [0.29, 0.717) is 11.8 Å². The summed E-state index contributed by atoms with van der Waals surface area (Å²) in [5.74, 6) is 0.613. The molecule has 0 bridgehead atoms. The molecule has 0 spiro atoms. The van der Waals surface area contributed by atoms with Crippen LogP contribution in [0.15, 0.2) is 12.3 Å². The number of nitrogens with zero attached hydrogens (tertiary/aromatic N) is 2. The molecule has 2 atom stereocenters. The molecular formula is C14H18ClN3O3. The van der Waals surface area contributed by atoms with Crippen molar-refractivity contribution in [2.45, 2.75) is 39.2 Å². The van der Waals surface area contributed by atoms with Crippen LogP contribution in [-0.2, 0) is 0 Å². The Labute approximate surface area is 128 Å². The Morgan fingerprint density at radius 3 is 2.57 bits per heavy atom. The molecule has 1 aromatic heterocycles. The van der Waals surface area contributed by atoms with Crippen LogP contribution in [0, 0.1) is 22.0 Å². The normalized spacial score (nSPS) is 25.4. The van der Waals surface area contributed by atoms with Crippen molar-refractivity contribution in [2.24, 2.45) is 11.8 Å². The third kappa shape index (κ3) is 3.69. The van der Waals surface area contributed by atoms with Crippen LogP contribution in [-0.4, -0.2) is 21.9 Å². The first-order valence-corrected chi connectivity index (χ1v) is 7.36. The fourth-order valence-corrected chi connectivity index (χ4v) is 3.34. The van der Waals surface area contributed by atoms with Gasteiger partial charge in [0.15, 0.2) is 0 Å². The molecule has 1 aliphatic rings. The van der Waals surface area contributed by atoms with Gasteiger partial charge in [0.25, 0.3) is 5.91 Å². The Morgan fingerprint density at radius 2 is 2.00 bits per heavy atom. The van der Waals surface area contributed by atoms with Gasteiger partial charge in [-0.3, -0.25) is 14.9 Å². The second-order valence-corrected chi connectivity index (χ2v) is 6.20. The zero-order valence-corrected chi connectivity index (χ0v) is 12.8. The Morgan fingerprint density at radius 1 is 1.38 bits per heavy atom. The highest BCUT2D eigenvalue weighted by Gasteiger charge is 2.29. The van der Waals surface area contributed by atoms with E-state index >= 15 is 0 Å². The second kappa shape index (κ2) is 6.39. The maximum absolute atomic E-state index is 12.3. The first kappa shape index (κ1) is 15.7. The van der Waals surface area contributed by atoms with Crippen molar-refractivity contribution < 1.29 is 9.72 Å². The van der Waals surface area contributed by atoms with Crippen molar-refractivity contribution in [1.29, 1.82) is 0 Å². The molecule has 7 heteroatoms. The van der Waals surface area contributed by atoms with E-state index in [1.807, 2.05) is 0 Å². The van der Waals surface area contributed by atoms with E-state index in [1.165, 1.54) is 12.3 Å². The van der Waals surface area contributed by atoms with E-state index in [2.05, 4.69) is 24.1 Å². The minimum absolute atomic E-state index is 0.0362. The Hall–Kier alpha value is -1.69. The first-order chi connectivity index (χ1) is 9.88. The average Bonchev–Trinajstić information content (AvgIpc) is 2.36. The molecule has 2 unspecified atom stereocenters. The van der Waals surface area contributed by atoms with E-state index in [1.54, 1.807) is 0 Å². The van der Waals surface area contributed by atoms with Gasteiger partial charge in [0.2, 0.25) is 5.15 Å². The van der Waals surface area contributed by atoms with Crippen molar-refractivity contribution in [3.8, 4) is 0 Å². The quantitative estimate of drug-likeness (QED) is 0.527. The molecule has 1 fully saturated rings. The van der Waals surface area contributed by atoms with Gasteiger partial charge in [-0.2, -0.15) is 0 Å². The standard InChI is InChI=1S/C14H18ClN3O3/c1-8-5-9(2)7-10(6-8)17-14(19)11-3-4-16-13(15)12(11)18(20)21/h3-4,8-10H,5-7H2,1-2H3,(H,17,19). The van der Waals surface area contributed by atoms with Crippen molar-refractivity contribution >= 4 is 23.2 Å². The topological polar surface area (TPSA) is 85.1 Å². The fraction of sp³-hybridized carbons (Fsp3) is 0.571. The van der Waals surface area contributed by atoms with Gasteiger partial charge in [0.1, 0.15) is 5.56 Å². The fourth-order valence-electron chi connectivity index (χ4n) is 3.11. The van der Waals surface area contributed by atoms with Gasteiger partial charge in [0.05, 0.1) is 4.92 Å². The molecule has 0 saturated heterocycles. The van der Waals surface area contributed by atoms with Crippen LogP contribution in [0.5, 0.6) is 0 Å². The third-order valence-electron chi connectivity index (χ3n) is 3.82. The molecule has 6 nitrogen and oxygen atoms in total. The molecule has 0 aliphatic heterocycles. The number of rotatable bonds is 3. The number of nitro groups is 1. The zero-order valence-electron chi connectivity index (χ0n) is 12.0. The van der Waals surface area contributed by atoms with Gasteiger partial charge in [-0.25, -0.2) is 4.98 Å². The lowest BCUT2D eigenvalue weighted by molar-refractivity contribution is -0.385. The van der Waals surface area contributed by atoms with Gasteiger partial charge in [-0.1, -0.05) is 25.4 Å². The number of aromatic nitrogens is 1.